The lowest BCUT2D eigenvalue weighted by Crippen LogP contribution is -2.51. The van der Waals surface area contributed by atoms with Crippen LogP contribution in [0.4, 0.5) is 0 Å². The second kappa shape index (κ2) is 8.62. The van der Waals surface area contributed by atoms with Crippen LogP contribution in [-0.4, -0.2) is 75.0 Å². The molecule has 0 saturated carbocycles. The average molecular weight is 473 g/mol. The lowest BCUT2D eigenvalue weighted by Gasteiger charge is -2.43. The van der Waals surface area contributed by atoms with Crippen molar-refractivity contribution in [1.82, 2.24) is 9.80 Å². The Morgan fingerprint density at radius 3 is 2.39 bits per heavy atom. The molecule has 0 unspecified atom stereocenters. The molecular formula is C24H28N2O6S. The Kier molecular flexibility index (Phi) is 5.80. The predicted octanol–water partition coefficient (Wildman–Crippen LogP) is 3.04. The van der Waals surface area contributed by atoms with Crippen molar-refractivity contribution >= 4 is 23.2 Å². The standard InChI is InChI=1S/C24H28N2O6S/c1-25-21(19-5-4-12-33-19)20(15-13-17(29-2)18(30-3)14-16(15)22(25)27)23(28)26-8-6-24(7-9-26)31-10-11-32-24/h4-5,12-14,20-21H,6-11H2,1-3H3/t20-,21+/m1/s1. The van der Waals surface area contributed by atoms with Gasteiger partial charge in [-0.3, -0.25) is 9.59 Å². The van der Waals surface area contributed by atoms with E-state index in [-0.39, 0.29) is 11.8 Å². The minimum atomic E-state index is -0.558. The van der Waals surface area contributed by atoms with E-state index >= 15 is 0 Å². The van der Waals surface area contributed by atoms with Crippen LogP contribution in [0.3, 0.4) is 0 Å². The third-order valence-electron chi connectivity index (χ3n) is 6.93. The number of rotatable bonds is 4. The number of thiophene rings is 1. The van der Waals surface area contributed by atoms with Crippen LogP contribution in [0.2, 0.25) is 0 Å². The Hall–Kier alpha value is -2.62. The van der Waals surface area contributed by atoms with Crippen molar-refractivity contribution in [2.45, 2.75) is 30.6 Å². The minimum absolute atomic E-state index is 0.00549. The number of carbonyl (C=O) groups is 2. The molecule has 9 heteroatoms. The lowest BCUT2D eigenvalue weighted by molar-refractivity contribution is -0.188. The van der Waals surface area contributed by atoms with Crippen LogP contribution in [0.25, 0.3) is 0 Å². The van der Waals surface area contributed by atoms with Gasteiger partial charge in [0, 0.05) is 43.4 Å². The molecule has 3 aliphatic rings. The highest BCUT2D eigenvalue weighted by Crippen LogP contribution is 2.47. The number of carbonyl (C=O) groups excluding carboxylic acids is 2. The van der Waals surface area contributed by atoms with E-state index in [1.165, 1.54) is 7.11 Å². The maximum absolute atomic E-state index is 14.1. The topological polar surface area (TPSA) is 77.5 Å². The molecule has 1 aromatic heterocycles. The molecule has 2 fully saturated rings. The molecule has 0 bridgehead atoms. The Morgan fingerprint density at radius 2 is 1.79 bits per heavy atom. The van der Waals surface area contributed by atoms with E-state index in [2.05, 4.69) is 0 Å². The summed E-state index contributed by atoms with van der Waals surface area (Å²) >= 11 is 1.55. The van der Waals surface area contributed by atoms with Gasteiger partial charge in [0.2, 0.25) is 5.91 Å². The smallest absolute Gasteiger partial charge is 0.254 e. The monoisotopic (exact) mass is 472 g/mol. The fraction of sp³-hybridized carbons (Fsp3) is 0.500. The molecule has 176 valence electrons. The number of fused-ring (bicyclic) bond motifs is 1. The van der Waals surface area contributed by atoms with Crippen molar-refractivity contribution in [3.8, 4) is 11.5 Å². The number of ether oxygens (including phenoxy) is 4. The van der Waals surface area contributed by atoms with E-state index in [0.717, 1.165) is 4.88 Å². The summed E-state index contributed by atoms with van der Waals surface area (Å²) in [5, 5.41) is 1.97. The summed E-state index contributed by atoms with van der Waals surface area (Å²) < 4.78 is 22.6. The van der Waals surface area contributed by atoms with E-state index in [4.69, 9.17) is 18.9 Å². The maximum atomic E-state index is 14.1. The first-order valence-corrected chi connectivity index (χ1v) is 12.0. The zero-order valence-corrected chi connectivity index (χ0v) is 19.9. The van der Waals surface area contributed by atoms with Crippen LogP contribution in [0.15, 0.2) is 29.6 Å². The summed E-state index contributed by atoms with van der Waals surface area (Å²) in [5.74, 6) is -0.290. The van der Waals surface area contributed by atoms with Gasteiger partial charge < -0.3 is 28.7 Å². The number of likely N-dealkylation sites (tertiary alicyclic amines) is 1. The second-order valence-electron chi connectivity index (χ2n) is 8.58. The molecule has 0 N–H and O–H groups in total. The van der Waals surface area contributed by atoms with Gasteiger partial charge in [-0.15, -0.1) is 11.3 Å². The second-order valence-corrected chi connectivity index (χ2v) is 9.56. The van der Waals surface area contributed by atoms with E-state index < -0.39 is 17.7 Å². The Morgan fingerprint density at radius 1 is 1.12 bits per heavy atom. The van der Waals surface area contributed by atoms with Crippen LogP contribution in [-0.2, 0) is 14.3 Å². The predicted molar refractivity (Wildman–Crippen MR) is 122 cm³/mol. The largest absolute Gasteiger partial charge is 0.493 e. The quantitative estimate of drug-likeness (QED) is 0.681. The highest BCUT2D eigenvalue weighted by Gasteiger charge is 2.47. The number of benzene rings is 1. The molecule has 0 radical (unpaired) electrons. The number of hydrogen-bond donors (Lipinski definition) is 0. The highest BCUT2D eigenvalue weighted by molar-refractivity contribution is 7.10. The molecule has 2 atom stereocenters. The van der Waals surface area contributed by atoms with Crippen LogP contribution in [0.5, 0.6) is 11.5 Å². The van der Waals surface area contributed by atoms with Gasteiger partial charge in [0.15, 0.2) is 17.3 Å². The molecule has 4 heterocycles. The summed E-state index contributed by atoms with van der Waals surface area (Å²) in [7, 11) is 4.85. The van der Waals surface area contributed by atoms with E-state index in [1.807, 2.05) is 22.4 Å². The van der Waals surface area contributed by atoms with Crippen LogP contribution in [0.1, 0.15) is 45.6 Å². The van der Waals surface area contributed by atoms with Gasteiger partial charge in [0.1, 0.15) is 0 Å². The van der Waals surface area contributed by atoms with Crippen molar-refractivity contribution in [1.29, 1.82) is 0 Å². The average Bonchev–Trinajstić information content (AvgIpc) is 3.53. The maximum Gasteiger partial charge on any atom is 0.254 e. The van der Waals surface area contributed by atoms with Crippen molar-refractivity contribution in [3.05, 3.63) is 45.6 Å². The third-order valence-corrected chi connectivity index (χ3v) is 7.87. The van der Waals surface area contributed by atoms with Crippen LogP contribution >= 0.6 is 11.3 Å². The normalized spacial score (nSPS) is 24.2. The Labute approximate surface area is 197 Å². The summed E-state index contributed by atoms with van der Waals surface area (Å²) in [4.78, 5) is 32.0. The SMILES string of the molecule is COc1cc2c(cc1OC)[C@@H](C(=O)N1CCC3(CC1)OCCO3)[C@H](c1cccs1)N(C)C2=O. The zero-order valence-electron chi connectivity index (χ0n) is 19.0. The first kappa shape index (κ1) is 22.2. The molecule has 2 amide bonds. The number of methoxy groups -OCH3 is 2. The number of likely N-dealkylation sites (N-methyl/N-ethyl adjacent to an activating group) is 1. The molecule has 5 rings (SSSR count). The fourth-order valence-electron chi connectivity index (χ4n) is 5.18. The first-order chi connectivity index (χ1) is 16.0. The van der Waals surface area contributed by atoms with Crippen LogP contribution < -0.4 is 9.47 Å². The molecular weight excluding hydrogens is 444 g/mol. The zero-order chi connectivity index (χ0) is 23.2. The van der Waals surface area contributed by atoms with Gasteiger partial charge in [-0.25, -0.2) is 0 Å². The number of piperidine rings is 1. The summed E-state index contributed by atoms with van der Waals surface area (Å²) in [5.41, 5.74) is 1.14. The third kappa shape index (κ3) is 3.68. The van der Waals surface area contributed by atoms with E-state index in [0.29, 0.717) is 61.8 Å². The molecule has 1 spiro atoms. The van der Waals surface area contributed by atoms with Gasteiger partial charge in [-0.2, -0.15) is 0 Å². The molecule has 3 aliphatic heterocycles. The first-order valence-electron chi connectivity index (χ1n) is 11.1. The highest BCUT2D eigenvalue weighted by atomic mass is 32.1. The van der Waals surface area contributed by atoms with Gasteiger partial charge in [0.05, 0.1) is 39.4 Å². The van der Waals surface area contributed by atoms with Crippen molar-refractivity contribution in [2.24, 2.45) is 0 Å². The van der Waals surface area contributed by atoms with E-state index in [9.17, 15) is 9.59 Å². The van der Waals surface area contributed by atoms with Crippen LogP contribution in [0, 0.1) is 0 Å². The van der Waals surface area contributed by atoms with E-state index in [1.54, 1.807) is 42.5 Å². The summed E-state index contributed by atoms with van der Waals surface area (Å²) in [6, 6.07) is 7.01. The van der Waals surface area contributed by atoms with Crippen molar-refractivity contribution in [3.63, 3.8) is 0 Å². The molecule has 0 aliphatic carbocycles. The van der Waals surface area contributed by atoms with Gasteiger partial charge in [0.25, 0.3) is 5.91 Å². The van der Waals surface area contributed by atoms with Gasteiger partial charge in [-0.1, -0.05) is 6.07 Å². The molecule has 33 heavy (non-hydrogen) atoms. The lowest BCUT2D eigenvalue weighted by atomic mass is 9.80. The molecule has 8 nitrogen and oxygen atoms in total. The van der Waals surface area contributed by atoms with Gasteiger partial charge >= 0.3 is 0 Å². The summed E-state index contributed by atoms with van der Waals surface area (Å²) in [6.07, 6.45) is 1.28. The summed E-state index contributed by atoms with van der Waals surface area (Å²) in [6.45, 7) is 2.29. The Balaban J connectivity index is 1.56. The minimum Gasteiger partial charge on any atom is -0.493 e. The molecule has 2 saturated heterocycles. The fourth-order valence-corrected chi connectivity index (χ4v) is 6.09. The van der Waals surface area contributed by atoms with Crippen molar-refractivity contribution in [2.75, 3.05) is 47.6 Å². The molecule has 2 aromatic rings. The Bertz CT molecular complexity index is 1040. The molecule has 1 aromatic carbocycles. The number of amides is 2. The van der Waals surface area contributed by atoms with Gasteiger partial charge in [-0.05, 0) is 29.1 Å². The number of hydrogen-bond acceptors (Lipinski definition) is 7. The van der Waals surface area contributed by atoms with Crippen molar-refractivity contribution < 1.29 is 28.5 Å². The number of nitrogens with zero attached hydrogens (tertiary/aromatic N) is 2.